The molecule has 0 amide bonds. The Bertz CT molecular complexity index is 116. The van der Waals surface area contributed by atoms with E-state index in [4.69, 9.17) is 0 Å². The molecule has 0 N–H and O–H groups in total. The Balaban J connectivity index is 3.52. The first kappa shape index (κ1) is 8.51. The third kappa shape index (κ3) is 4.66. The first-order valence-corrected chi connectivity index (χ1v) is 9.93. The molecular formula is C6H7HgS. The second-order valence-electron chi connectivity index (χ2n) is 1.21. The van der Waals surface area contributed by atoms with E-state index in [1.54, 1.807) is 6.08 Å². The molecule has 0 aliphatic carbocycles. The third-order valence-electron chi connectivity index (χ3n) is 0.604. The summed E-state index contributed by atoms with van der Waals surface area (Å²) in [7, 11) is 1.83. The third-order valence-corrected chi connectivity index (χ3v) is 5.43. The van der Waals surface area contributed by atoms with E-state index >= 15 is 0 Å². The summed E-state index contributed by atoms with van der Waals surface area (Å²) in [6.45, 7) is 7.33. The standard InChI is InChI=1S/C6H8S.Hg/c1-3-4-5-6(2)7;/h3-5,7H,1-2H2;/q;+1/p-1/b5-4-;. The van der Waals surface area contributed by atoms with Gasteiger partial charge < -0.3 is 0 Å². The van der Waals surface area contributed by atoms with Crippen LogP contribution in [0.15, 0.2) is 36.3 Å². The zero-order valence-corrected chi connectivity index (χ0v) is 11.1. The summed E-state index contributed by atoms with van der Waals surface area (Å²) in [5, 5.41) is 0. The Morgan fingerprint density at radius 3 is 2.62 bits per heavy atom. The van der Waals surface area contributed by atoms with Gasteiger partial charge >= 0.3 is 69.1 Å². The fourth-order valence-corrected chi connectivity index (χ4v) is 1.52. The molecule has 0 aromatic carbocycles. The van der Waals surface area contributed by atoms with Crippen LogP contribution in [-0.4, -0.2) is 0 Å². The predicted octanol–water partition coefficient (Wildman–Crippen LogP) is 2.44. The Kier molecular flexibility index (Phi) is 5.99. The van der Waals surface area contributed by atoms with Crippen LogP contribution in [0.4, 0.5) is 0 Å². The van der Waals surface area contributed by atoms with E-state index in [1.807, 2.05) is 20.4 Å². The van der Waals surface area contributed by atoms with E-state index in [9.17, 15) is 0 Å². The van der Waals surface area contributed by atoms with E-state index in [0.717, 1.165) is 29.5 Å². The van der Waals surface area contributed by atoms with Crippen molar-refractivity contribution in [1.29, 1.82) is 0 Å². The molecule has 0 radical (unpaired) electrons. The minimum atomic E-state index is 0.771. The summed E-state index contributed by atoms with van der Waals surface area (Å²) in [5.74, 6) is 0. The van der Waals surface area contributed by atoms with Crippen LogP contribution in [0, 0.1) is 0 Å². The van der Waals surface area contributed by atoms with Crippen LogP contribution in [-0.2, 0) is 24.6 Å². The Hall–Kier alpha value is 0.505. The fraction of sp³-hybridized carbons (Fsp3) is 0. The van der Waals surface area contributed by atoms with Gasteiger partial charge in [-0.1, -0.05) is 0 Å². The van der Waals surface area contributed by atoms with Gasteiger partial charge in [0, 0.05) is 0 Å². The summed E-state index contributed by atoms with van der Waals surface area (Å²) < 4.78 is 0. The van der Waals surface area contributed by atoms with Crippen molar-refractivity contribution in [3.05, 3.63) is 36.3 Å². The molecule has 0 heterocycles. The predicted molar refractivity (Wildman–Crippen MR) is 36.1 cm³/mol. The van der Waals surface area contributed by atoms with Gasteiger partial charge in [-0.25, -0.2) is 0 Å². The minimum absolute atomic E-state index is 0.771. The average Bonchev–Trinajstić information content (AvgIpc) is 1.83. The first-order valence-electron chi connectivity index (χ1n) is 2.21. The number of rotatable bonds is 3. The topological polar surface area (TPSA) is 0 Å². The molecule has 0 aromatic heterocycles. The van der Waals surface area contributed by atoms with Gasteiger partial charge in [0.2, 0.25) is 0 Å². The maximum atomic E-state index is 3.79. The molecular weight excluding hydrogens is 305 g/mol. The van der Waals surface area contributed by atoms with Gasteiger partial charge in [-0.3, -0.25) is 0 Å². The number of allylic oxidation sites excluding steroid dienone is 3. The van der Waals surface area contributed by atoms with Crippen LogP contribution in [0.5, 0.6) is 0 Å². The molecule has 0 fully saturated rings. The van der Waals surface area contributed by atoms with E-state index < -0.39 is 0 Å². The number of hydrogen-bond acceptors (Lipinski definition) is 1. The van der Waals surface area contributed by atoms with Crippen molar-refractivity contribution in [1.82, 2.24) is 0 Å². The summed E-state index contributed by atoms with van der Waals surface area (Å²) in [4.78, 5) is 1.15. The van der Waals surface area contributed by atoms with Crippen LogP contribution < -0.4 is 0 Å². The molecule has 0 nitrogen and oxygen atoms in total. The van der Waals surface area contributed by atoms with Crippen molar-refractivity contribution in [3.63, 3.8) is 0 Å². The molecule has 0 aliphatic rings. The van der Waals surface area contributed by atoms with E-state index in [2.05, 4.69) is 13.2 Å². The summed E-state index contributed by atoms with van der Waals surface area (Å²) in [6.07, 6.45) is 5.64. The zero-order chi connectivity index (χ0) is 6.41. The van der Waals surface area contributed by atoms with Crippen molar-refractivity contribution in [3.8, 4) is 0 Å². The van der Waals surface area contributed by atoms with Gasteiger partial charge in [0.25, 0.3) is 0 Å². The summed E-state index contributed by atoms with van der Waals surface area (Å²) in [6, 6.07) is 0. The molecule has 8 heavy (non-hydrogen) atoms. The summed E-state index contributed by atoms with van der Waals surface area (Å²) >= 11 is 0.771. The maximum absolute atomic E-state index is 3.79. The van der Waals surface area contributed by atoms with Gasteiger partial charge in [-0.15, -0.1) is 0 Å². The summed E-state index contributed by atoms with van der Waals surface area (Å²) in [5.41, 5.74) is 0. The van der Waals surface area contributed by atoms with Gasteiger partial charge in [0.1, 0.15) is 0 Å². The molecule has 0 atom stereocenters. The molecule has 0 bridgehead atoms. The monoisotopic (exact) mass is 313 g/mol. The molecule has 0 saturated carbocycles. The molecule has 0 unspecified atom stereocenters. The second kappa shape index (κ2) is 5.64. The van der Waals surface area contributed by atoms with Crippen LogP contribution >= 0.6 is 8.24 Å². The van der Waals surface area contributed by atoms with Gasteiger partial charge in [0.05, 0.1) is 0 Å². The van der Waals surface area contributed by atoms with Crippen molar-refractivity contribution >= 4 is 8.24 Å². The molecule has 39 valence electrons. The van der Waals surface area contributed by atoms with Crippen molar-refractivity contribution in [2.45, 2.75) is 0 Å². The van der Waals surface area contributed by atoms with Crippen LogP contribution in [0.2, 0.25) is 0 Å². The molecule has 0 spiro atoms. The van der Waals surface area contributed by atoms with Gasteiger partial charge in [0.15, 0.2) is 0 Å². The second-order valence-corrected chi connectivity index (χ2v) is 5.39. The normalized spacial score (nSPS) is 9.75. The van der Waals surface area contributed by atoms with E-state index in [-0.39, 0.29) is 0 Å². The Morgan fingerprint density at radius 1 is 1.62 bits per heavy atom. The van der Waals surface area contributed by atoms with Crippen LogP contribution in [0.3, 0.4) is 0 Å². The first-order chi connectivity index (χ1) is 3.81. The molecule has 2 heteroatoms. The quantitative estimate of drug-likeness (QED) is 0.570. The SMILES string of the molecule is C=C/C=C\C(=C)[S][Hg]. The number of hydrogen-bond donors (Lipinski definition) is 0. The Morgan fingerprint density at radius 2 is 2.25 bits per heavy atom. The zero-order valence-electron chi connectivity index (χ0n) is 4.76. The van der Waals surface area contributed by atoms with Gasteiger partial charge in [-0.05, 0) is 0 Å². The van der Waals surface area contributed by atoms with Crippen LogP contribution in [0.25, 0.3) is 0 Å². The molecule has 0 aromatic rings. The average molecular weight is 312 g/mol. The van der Waals surface area contributed by atoms with Crippen molar-refractivity contribution in [2.24, 2.45) is 0 Å². The molecule has 0 saturated heterocycles. The van der Waals surface area contributed by atoms with Crippen molar-refractivity contribution < 1.29 is 24.6 Å². The Labute approximate surface area is 68.8 Å². The van der Waals surface area contributed by atoms with Crippen LogP contribution in [0.1, 0.15) is 0 Å². The molecule has 0 rings (SSSR count). The van der Waals surface area contributed by atoms with Gasteiger partial charge in [-0.2, -0.15) is 0 Å². The van der Waals surface area contributed by atoms with Crippen molar-refractivity contribution in [2.75, 3.05) is 0 Å². The fourth-order valence-electron chi connectivity index (χ4n) is 0.223. The van der Waals surface area contributed by atoms with E-state index in [0.29, 0.717) is 0 Å². The molecule has 0 aliphatic heterocycles. The van der Waals surface area contributed by atoms with E-state index in [1.165, 1.54) is 0 Å².